The third kappa shape index (κ3) is 2.61. The number of carbonyl (C=O) groups excluding carboxylic acids is 1. The lowest BCUT2D eigenvalue weighted by Crippen LogP contribution is -2.43. The molecule has 1 rings (SSSR count). The highest BCUT2D eigenvalue weighted by atomic mass is 16.2. The first-order valence-corrected chi connectivity index (χ1v) is 4.31. The summed E-state index contributed by atoms with van der Waals surface area (Å²) in [5, 5.41) is 0. The van der Waals surface area contributed by atoms with Crippen molar-refractivity contribution in [2.75, 3.05) is 13.1 Å². The van der Waals surface area contributed by atoms with Crippen LogP contribution in [0.25, 0.3) is 0 Å². The minimum atomic E-state index is -2.18. The van der Waals surface area contributed by atoms with Crippen molar-refractivity contribution < 1.29 is 11.6 Å². The second kappa shape index (κ2) is 3.56. The third-order valence-corrected chi connectivity index (χ3v) is 1.96. The van der Waals surface area contributed by atoms with Gasteiger partial charge in [0.15, 0.2) is 0 Å². The lowest BCUT2D eigenvalue weighted by molar-refractivity contribution is 0.126. The van der Waals surface area contributed by atoms with Crippen molar-refractivity contribution >= 4 is 6.03 Å². The highest BCUT2D eigenvalue weighted by molar-refractivity contribution is 5.72. The molecule has 0 radical (unpaired) electrons. The predicted molar refractivity (Wildman–Crippen MR) is 53.3 cm³/mol. The average molecular weight is 189 g/mol. The van der Waals surface area contributed by atoms with Gasteiger partial charge in [-0.2, -0.15) is 0 Å². The molecule has 2 amide bonds. The molecule has 76 valence electrons. The van der Waals surface area contributed by atoms with E-state index in [0.29, 0.717) is 0 Å². The fourth-order valence-electron chi connectivity index (χ4n) is 1.15. The van der Waals surface area contributed by atoms with Gasteiger partial charge in [-0.3, -0.25) is 0 Å². The molecule has 0 unspecified atom stereocenters. The lowest BCUT2D eigenvalue weighted by Gasteiger charge is -2.38. The molecule has 1 aliphatic heterocycles. The highest BCUT2D eigenvalue weighted by Gasteiger charge is 2.29. The van der Waals surface area contributed by atoms with Crippen LogP contribution in [0.5, 0.6) is 0 Å². The summed E-state index contributed by atoms with van der Waals surface area (Å²) in [6.07, 6.45) is -4.36. The first kappa shape index (κ1) is 5.23. The van der Waals surface area contributed by atoms with Gasteiger partial charge in [0, 0.05) is 19.9 Å². The van der Waals surface area contributed by atoms with E-state index in [4.69, 9.17) is 12.6 Å². The monoisotopic (exact) mass is 189 g/mol. The Morgan fingerprint density at radius 1 is 1.54 bits per heavy atom. The van der Waals surface area contributed by atoms with Crippen molar-refractivity contribution in [3.05, 3.63) is 0 Å². The number of nitrogens with two attached hydrogens (primary N) is 1. The van der Waals surface area contributed by atoms with E-state index in [0.717, 1.165) is 4.90 Å². The molecular formula is C10H20N2O. The first-order chi connectivity index (χ1) is 7.76. The highest BCUT2D eigenvalue weighted by Crippen LogP contribution is 2.33. The number of primary amides is 1. The maximum atomic E-state index is 11.1. The van der Waals surface area contributed by atoms with Crippen molar-refractivity contribution in [2.45, 2.75) is 33.5 Å². The molecule has 3 nitrogen and oxygen atoms in total. The summed E-state index contributed by atoms with van der Waals surface area (Å²) >= 11 is 0. The zero-order valence-electron chi connectivity index (χ0n) is 13.3. The predicted octanol–water partition coefficient (Wildman–Crippen LogP) is 1.82. The van der Waals surface area contributed by atoms with Crippen molar-refractivity contribution in [1.82, 2.24) is 4.90 Å². The number of hydrogen-bond acceptors (Lipinski definition) is 1. The Morgan fingerprint density at radius 2 is 2.00 bits per heavy atom. The van der Waals surface area contributed by atoms with E-state index in [1.54, 1.807) is 20.8 Å². The summed E-state index contributed by atoms with van der Waals surface area (Å²) in [7, 11) is 0. The van der Waals surface area contributed by atoms with Gasteiger partial charge in [-0.25, -0.2) is 4.79 Å². The molecule has 3 heteroatoms. The molecule has 0 aromatic heterocycles. The Balaban J connectivity index is 3.33. The van der Waals surface area contributed by atoms with Gasteiger partial charge >= 0.3 is 6.03 Å². The molecule has 1 saturated heterocycles. The van der Waals surface area contributed by atoms with Gasteiger partial charge in [0.05, 0.1) is 0 Å². The number of amides is 2. The zero-order valence-corrected chi connectivity index (χ0v) is 8.35. The summed E-state index contributed by atoms with van der Waals surface area (Å²) in [5.41, 5.74) is 4.19. The molecule has 0 aromatic carbocycles. The Bertz CT molecular complexity index is 346. The second-order valence-electron chi connectivity index (χ2n) is 4.17. The van der Waals surface area contributed by atoms with Crippen LogP contribution in [0.2, 0.25) is 0 Å². The molecule has 1 heterocycles. The van der Waals surface area contributed by atoms with E-state index in [9.17, 15) is 4.79 Å². The van der Waals surface area contributed by atoms with E-state index in [1.165, 1.54) is 0 Å². The topological polar surface area (TPSA) is 46.3 Å². The fraction of sp³-hybridized carbons (Fsp3) is 0.900. The molecule has 0 atom stereocenters. The van der Waals surface area contributed by atoms with Crippen molar-refractivity contribution in [2.24, 2.45) is 17.0 Å². The zero-order chi connectivity index (χ0) is 14.6. The minimum Gasteiger partial charge on any atom is -0.351 e. The van der Waals surface area contributed by atoms with Gasteiger partial charge in [-0.15, -0.1) is 0 Å². The van der Waals surface area contributed by atoms with E-state index < -0.39 is 30.1 Å². The Morgan fingerprint density at radius 3 is 2.31 bits per heavy atom. The van der Waals surface area contributed by atoms with Crippen LogP contribution in [0.15, 0.2) is 0 Å². The van der Waals surface area contributed by atoms with Crippen molar-refractivity contribution in [3.8, 4) is 0 Å². The average Bonchev–Trinajstić information content (AvgIpc) is 2.10. The number of carbonyl (C=O) groups is 1. The van der Waals surface area contributed by atoms with E-state index in [-0.39, 0.29) is 13.1 Å². The molecule has 0 spiro atoms. The second-order valence-corrected chi connectivity index (χ2v) is 4.17. The normalized spacial score (nSPS) is 36.2. The third-order valence-electron chi connectivity index (χ3n) is 1.96. The van der Waals surface area contributed by atoms with Gasteiger partial charge in [-0.1, -0.05) is 20.8 Å². The molecule has 0 bridgehead atoms. The maximum absolute atomic E-state index is 11.1. The van der Waals surface area contributed by atoms with Crippen molar-refractivity contribution in [1.29, 1.82) is 0 Å². The summed E-state index contributed by atoms with van der Waals surface area (Å²) < 4.78 is 40.4. The molecule has 0 aliphatic carbocycles. The maximum Gasteiger partial charge on any atom is 0.314 e. The number of rotatable bonds is 0. The molecule has 0 aromatic rings. The van der Waals surface area contributed by atoms with E-state index >= 15 is 0 Å². The number of hydrogen-bond donors (Lipinski definition) is 1. The van der Waals surface area contributed by atoms with Crippen LogP contribution < -0.4 is 5.73 Å². The largest absolute Gasteiger partial charge is 0.351 e. The van der Waals surface area contributed by atoms with Gasteiger partial charge in [-0.05, 0) is 24.1 Å². The van der Waals surface area contributed by atoms with Gasteiger partial charge in [0.2, 0.25) is 0 Å². The first-order valence-electron chi connectivity index (χ1n) is 6.81. The summed E-state index contributed by atoms with van der Waals surface area (Å²) in [4.78, 5) is 12.1. The van der Waals surface area contributed by atoms with Gasteiger partial charge < -0.3 is 10.6 Å². The van der Waals surface area contributed by atoms with Crippen LogP contribution in [0.1, 0.15) is 40.4 Å². The molecule has 13 heavy (non-hydrogen) atoms. The smallest absolute Gasteiger partial charge is 0.314 e. The number of piperidine rings is 1. The van der Waals surface area contributed by atoms with Crippen LogP contribution in [0, 0.1) is 11.3 Å². The Hall–Kier alpha value is -0.730. The molecule has 1 fully saturated rings. The summed E-state index contributed by atoms with van der Waals surface area (Å²) in [6, 6.07) is -0.862. The van der Waals surface area contributed by atoms with E-state index in [1.807, 2.05) is 0 Å². The number of urea groups is 1. The van der Waals surface area contributed by atoms with Crippen LogP contribution in [-0.4, -0.2) is 24.0 Å². The minimum absolute atomic E-state index is 0.359. The molecule has 1 aliphatic rings. The summed E-state index contributed by atoms with van der Waals surface area (Å²) in [6.45, 7) is 4.19. The van der Waals surface area contributed by atoms with Crippen LogP contribution in [-0.2, 0) is 0 Å². The fourth-order valence-corrected chi connectivity index (χ4v) is 1.15. The van der Waals surface area contributed by atoms with Crippen LogP contribution >= 0.6 is 0 Å². The number of likely N-dealkylation sites (tertiary alicyclic amines) is 1. The van der Waals surface area contributed by atoms with Crippen LogP contribution in [0.4, 0.5) is 4.79 Å². The van der Waals surface area contributed by atoms with E-state index in [2.05, 4.69) is 0 Å². The number of nitrogens with zero attached hydrogens (tertiary/aromatic N) is 1. The Labute approximate surface area is 87.3 Å². The SMILES string of the molecule is [2H]C1([2H])CN(C(N)=O)CC([2H])([2H])C1([2H])C(C)(C)C. The van der Waals surface area contributed by atoms with Gasteiger partial charge in [0.25, 0.3) is 0 Å². The molecular weight excluding hydrogens is 164 g/mol. The van der Waals surface area contributed by atoms with Gasteiger partial charge in [0.1, 0.15) is 0 Å². The van der Waals surface area contributed by atoms with Crippen molar-refractivity contribution in [3.63, 3.8) is 0 Å². The Kier molecular flexibility index (Phi) is 1.43. The standard InChI is InChI=1S/C10H20N2O/c1-10(2,3)8-4-6-12(7-5-8)9(11)13/h8H,4-7H2,1-3H3,(H2,11,13)/i4D2,5D2,8D. The quantitative estimate of drug-likeness (QED) is 0.621. The summed E-state index contributed by atoms with van der Waals surface area (Å²) in [5.74, 6) is -1.96. The molecule has 0 saturated carbocycles. The van der Waals surface area contributed by atoms with Crippen LogP contribution in [0.3, 0.4) is 0 Å². The molecule has 2 N–H and O–H groups in total. The lowest BCUT2D eigenvalue weighted by atomic mass is 9.75.